The van der Waals surface area contributed by atoms with E-state index in [2.05, 4.69) is 44.7 Å². The Hall–Kier alpha value is -3.91. The molecule has 0 bridgehead atoms. The van der Waals surface area contributed by atoms with Crippen molar-refractivity contribution in [3.8, 4) is 17.0 Å². The Morgan fingerprint density at radius 2 is 1.81 bits per heavy atom. The number of rotatable bonds is 6. The lowest BCUT2D eigenvalue weighted by molar-refractivity contribution is 0.0827. The summed E-state index contributed by atoms with van der Waals surface area (Å²) in [6.07, 6.45) is 4.03. The topological polar surface area (TPSA) is 89.5 Å². The van der Waals surface area contributed by atoms with Crippen molar-refractivity contribution in [2.75, 3.05) is 40.0 Å². The Bertz CT molecular complexity index is 1420. The molecule has 37 heavy (non-hydrogen) atoms. The molecule has 192 valence electrons. The number of pyridine rings is 2. The van der Waals surface area contributed by atoms with Crippen molar-refractivity contribution in [2.45, 2.75) is 25.3 Å². The number of nitrogens with zero attached hydrogens (tertiary/aromatic N) is 5. The number of hydrogen-bond acceptors (Lipinski definition) is 6. The highest BCUT2D eigenvalue weighted by molar-refractivity contribution is 5.95. The fraction of sp³-hybridized carbons (Fsp3) is 0.345. The average molecular weight is 499 g/mol. The third-order valence-corrected chi connectivity index (χ3v) is 7.40. The number of carbonyl (C=O) groups is 1. The normalized spacial score (nSPS) is 14.7. The first-order valence-electron chi connectivity index (χ1n) is 12.6. The van der Waals surface area contributed by atoms with Gasteiger partial charge in [-0.25, -0.2) is 4.98 Å². The molecule has 8 nitrogen and oxygen atoms in total. The molecule has 2 N–H and O–H groups in total. The third kappa shape index (κ3) is 4.89. The van der Waals surface area contributed by atoms with Crippen molar-refractivity contribution in [3.63, 3.8) is 0 Å². The van der Waals surface area contributed by atoms with Gasteiger partial charge in [-0.15, -0.1) is 0 Å². The molecule has 0 atom stereocenters. The van der Waals surface area contributed by atoms with Crippen LogP contribution >= 0.6 is 0 Å². The van der Waals surface area contributed by atoms with Gasteiger partial charge in [-0.05, 0) is 79.4 Å². The van der Waals surface area contributed by atoms with Gasteiger partial charge in [0.25, 0.3) is 5.91 Å². The number of nitrogens with two attached hydrogens (primary N) is 1. The molecule has 5 rings (SSSR count). The van der Waals surface area contributed by atoms with Gasteiger partial charge in [0.1, 0.15) is 11.5 Å². The van der Waals surface area contributed by atoms with Gasteiger partial charge in [-0.1, -0.05) is 12.1 Å². The summed E-state index contributed by atoms with van der Waals surface area (Å²) in [6.45, 7) is 2.92. The van der Waals surface area contributed by atoms with E-state index in [4.69, 9.17) is 10.5 Å². The molecule has 0 radical (unpaired) electrons. The van der Waals surface area contributed by atoms with Gasteiger partial charge in [0.2, 0.25) is 5.88 Å². The maximum absolute atomic E-state index is 12.2. The van der Waals surface area contributed by atoms with Crippen molar-refractivity contribution in [3.05, 3.63) is 71.5 Å². The SMILES string of the molecule is COc1nc(N)ccc1-c1ccnc2c1cc(CN1CCC(c3ccc(C(=O)N(C)C)cc3)CC1)n2C. The molecule has 1 amide bonds. The van der Waals surface area contributed by atoms with Gasteiger partial charge in [0, 0.05) is 56.1 Å². The third-order valence-electron chi connectivity index (χ3n) is 7.40. The molecule has 0 spiro atoms. The molecule has 1 aromatic carbocycles. The molecular formula is C29H34N6O2. The van der Waals surface area contributed by atoms with E-state index in [0.29, 0.717) is 17.6 Å². The lowest BCUT2D eigenvalue weighted by Crippen LogP contribution is -2.33. The number of methoxy groups -OCH3 is 1. The van der Waals surface area contributed by atoms with Crippen molar-refractivity contribution in [2.24, 2.45) is 7.05 Å². The Morgan fingerprint density at radius 1 is 1.08 bits per heavy atom. The second-order valence-corrected chi connectivity index (χ2v) is 9.96. The molecule has 1 fully saturated rings. The molecular weight excluding hydrogens is 464 g/mol. The van der Waals surface area contributed by atoms with Crippen LogP contribution in [0.4, 0.5) is 5.82 Å². The van der Waals surface area contributed by atoms with E-state index in [9.17, 15) is 4.79 Å². The van der Waals surface area contributed by atoms with Crippen LogP contribution < -0.4 is 10.5 Å². The van der Waals surface area contributed by atoms with Crippen LogP contribution in [0.25, 0.3) is 22.2 Å². The van der Waals surface area contributed by atoms with Crippen LogP contribution in [0.15, 0.2) is 54.7 Å². The Kier molecular flexibility index (Phi) is 6.84. The van der Waals surface area contributed by atoms with Crippen LogP contribution in [-0.4, -0.2) is 64.5 Å². The first-order valence-corrected chi connectivity index (χ1v) is 12.6. The molecule has 1 aliphatic heterocycles. The van der Waals surface area contributed by atoms with Gasteiger partial charge in [0.15, 0.2) is 0 Å². The van der Waals surface area contributed by atoms with Crippen molar-refractivity contribution in [1.82, 2.24) is 24.3 Å². The molecule has 1 aliphatic rings. The predicted molar refractivity (Wildman–Crippen MR) is 147 cm³/mol. The largest absolute Gasteiger partial charge is 0.480 e. The summed E-state index contributed by atoms with van der Waals surface area (Å²) < 4.78 is 7.70. The summed E-state index contributed by atoms with van der Waals surface area (Å²) in [6, 6.07) is 16.1. The first kappa shape index (κ1) is 24.8. The molecule has 8 heteroatoms. The smallest absolute Gasteiger partial charge is 0.253 e. The fourth-order valence-corrected chi connectivity index (χ4v) is 5.28. The van der Waals surface area contributed by atoms with E-state index in [0.717, 1.165) is 60.2 Å². The zero-order valence-corrected chi connectivity index (χ0v) is 21.9. The molecule has 0 saturated carbocycles. The van der Waals surface area contributed by atoms with E-state index >= 15 is 0 Å². The van der Waals surface area contributed by atoms with Crippen LogP contribution in [0.5, 0.6) is 5.88 Å². The summed E-state index contributed by atoms with van der Waals surface area (Å²) in [4.78, 5) is 25.3. The average Bonchev–Trinajstić information content (AvgIpc) is 3.23. The Labute approximate surface area is 217 Å². The minimum absolute atomic E-state index is 0.0417. The lowest BCUT2D eigenvalue weighted by atomic mass is 9.89. The summed E-state index contributed by atoms with van der Waals surface area (Å²) >= 11 is 0. The highest BCUT2D eigenvalue weighted by Gasteiger charge is 2.23. The predicted octanol–water partition coefficient (Wildman–Crippen LogP) is 4.31. The summed E-state index contributed by atoms with van der Waals surface area (Å²) in [5.41, 5.74) is 12.0. The van der Waals surface area contributed by atoms with Gasteiger partial charge >= 0.3 is 0 Å². The number of amides is 1. The number of fused-ring (bicyclic) bond motifs is 1. The number of likely N-dealkylation sites (tertiary alicyclic amines) is 1. The van der Waals surface area contributed by atoms with Crippen LogP contribution in [0.3, 0.4) is 0 Å². The molecule has 4 aromatic rings. The van der Waals surface area contributed by atoms with Gasteiger partial charge in [-0.2, -0.15) is 4.98 Å². The number of carbonyl (C=O) groups excluding carboxylic acids is 1. The summed E-state index contributed by atoms with van der Waals surface area (Å²) in [5.74, 6) is 1.51. The fourth-order valence-electron chi connectivity index (χ4n) is 5.28. The number of piperidine rings is 1. The number of benzene rings is 1. The van der Waals surface area contributed by atoms with E-state index in [-0.39, 0.29) is 5.91 Å². The van der Waals surface area contributed by atoms with Crippen molar-refractivity contribution < 1.29 is 9.53 Å². The highest BCUT2D eigenvalue weighted by Crippen LogP contribution is 2.35. The van der Waals surface area contributed by atoms with Crippen LogP contribution in [0.1, 0.15) is 40.4 Å². The number of nitrogen functional groups attached to an aromatic ring is 1. The molecule has 4 heterocycles. The van der Waals surface area contributed by atoms with Crippen LogP contribution in [-0.2, 0) is 13.6 Å². The van der Waals surface area contributed by atoms with Crippen molar-refractivity contribution in [1.29, 1.82) is 0 Å². The first-order chi connectivity index (χ1) is 17.9. The number of aryl methyl sites for hydroxylation is 1. The van der Waals surface area contributed by atoms with E-state index in [1.54, 1.807) is 32.2 Å². The Balaban J connectivity index is 1.31. The standard InChI is InChI=1S/C29H34N6O2/c1-33(2)29(36)21-7-5-19(6-8-21)20-12-15-35(16-13-20)18-22-17-25-23(11-14-31-27(25)34(22)3)24-9-10-26(30)32-28(24)37-4/h5-11,14,17,20H,12-13,15-16,18H2,1-4H3,(H2,30,32). The maximum Gasteiger partial charge on any atom is 0.253 e. The second kappa shape index (κ2) is 10.2. The minimum atomic E-state index is 0.0417. The minimum Gasteiger partial charge on any atom is -0.480 e. The summed E-state index contributed by atoms with van der Waals surface area (Å²) in [7, 11) is 7.26. The number of ether oxygens (including phenoxy) is 1. The van der Waals surface area contributed by atoms with Gasteiger partial charge in [-0.3, -0.25) is 9.69 Å². The monoisotopic (exact) mass is 498 g/mol. The van der Waals surface area contributed by atoms with E-state index in [1.165, 1.54) is 11.3 Å². The van der Waals surface area contributed by atoms with Crippen LogP contribution in [0, 0.1) is 0 Å². The molecule has 3 aromatic heterocycles. The van der Waals surface area contributed by atoms with Crippen molar-refractivity contribution >= 4 is 22.8 Å². The quantitative estimate of drug-likeness (QED) is 0.426. The van der Waals surface area contributed by atoms with Gasteiger partial charge < -0.3 is 19.9 Å². The Morgan fingerprint density at radius 3 is 2.49 bits per heavy atom. The number of aromatic nitrogens is 3. The summed E-state index contributed by atoms with van der Waals surface area (Å²) in [5, 5.41) is 1.08. The van der Waals surface area contributed by atoms with Crippen LogP contribution in [0.2, 0.25) is 0 Å². The molecule has 0 unspecified atom stereocenters. The number of hydrogen-bond donors (Lipinski definition) is 1. The maximum atomic E-state index is 12.2. The second-order valence-electron chi connectivity index (χ2n) is 9.96. The van der Waals surface area contributed by atoms with E-state index in [1.807, 2.05) is 30.5 Å². The number of anilines is 1. The zero-order valence-electron chi connectivity index (χ0n) is 21.9. The molecule has 1 saturated heterocycles. The lowest BCUT2D eigenvalue weighted by Gasteiger charge is -2.32. The highest BCUT2D eigenvalue weighted by atomic mass is 16.5. The zero-order chi connectivity index (χ0) is 26.1. The van der Waals surface area contributed by atoms with E-state index < -0.39 is 0 Å². The van der Waals surface area contributed by atoms with Gasteiger partial charge in [0.05, 0.1) is 7.11 Å². The molecule has 0 aliphatic carbocycles.